The molecule has 36 heavy (non-hydrogen) atoms. The molecule has 1 heterocycles. The Labute approximate surface area is 228 Å². The van der Waals surface area contributed by atoms with E-state index in [0.717, 1.165) is 21.8 Å². The number of anilines is 1. The number of amides is 1. The van der Waals surface area contributed by atoms with E-state index in [2.05, 4.69) is 77.0 Å². The Morgan fingerprint density at radius 2 is 1.25 bits per heavy atom. The van der Waals surface area contributed by atoms with Crippen LogP contribution in [0.5, 0.6) is 0 Å². The molecule has 0 spiro atoms. The third-order valence-corrected chi connectivity index (χ3v) is 9.94. The van der Waals surface area contributed by atoms with E-state index in [1.807, 2.05) is 36.4 Å². The van der Waals surface area contributed by atoms with Crippen molar-refractivity contribution in [2.24, 2.45) is 0 Å². The minimum atomic E-state index is -0.234. The van der Waals surface area contributed by atoms with Crippen LogP contribution in [0.15, 0.2) is 121 Å². The SMILES string of the molecule is O=C(Nc1ccccc1-c1c([Se]c2ccccc2)cc(Cl)cc1[Se]c1ccccc1)c1ccccn1. The van der Waals surface area contributed by atoms with Gasteiger partial charge in [-0.05, 0) is 0 Å². The molecule has 0 atom stereocenters. The molecule has 0 fully saturated rings. The molecule has 5 aromatic rings. The standard InChI is InChI=1S/C30H21ClN2OSe2/c31-21-19-27(35-22-11-3-1-4-12-22)29(28(20-21)36-23-13-5-2-6-14-23)24-15-7-8-16-25(24)33-30(34)26-17-9-10-18-32-26/h1-20H,(H,33,34). The Kier molecular flexibility index (Phi) is 7.98. The second kappa shape index (κ2) is 11.7. The first kappa shape index (κ1) is 24.5. The molecule has 0 aliphatic rings. The Morgan fingerprint density at radius 3 is 1.83 bits per heavy atom. The fourth-order valence-electron chi connectivity index (χ4n) is 3.71. The maximum absolute atomic E-state index is 13.0. The number of rotatable bonds is 7. The van der Waals surface area contributed by atoms with E-state index in [0.29, 0.717) is 5.69 Å². The molecule has 3 nitrogen and oxygen atoms in total. The molecule has 0 aliphatic heterocycles. The zero-order valence-electron chi connectivity index (χ0n) is 19.1. The summed E-state index contributed by atoms with van der Waals surface area (Å²) in [5.74, 6) is -0.234. The number of aromatic nitrogens is 1. The van der Waals surface area contributed by atoms with Crippen molar-refractivity contribution in [2.75, 3.05) is 5.32 Å². The van der Waals surface area contributed by atoms with E-state index < -0.39 is 0 Å². The molecule has 0 bridgehead atoms. The molecule has 0 aliphatic carbocycles. The Hall–Kier alpha value is -3.17. The summed E-state index contributed by atoms with van der Waals surface area (Å²) in [5, 5.41) is 3.83. The number of halogens is 1. The van der Waals surface area contributed by atoms with Gasteiger partial charge in [-0.25, -0.2) is 0 Å². The van der Waals surface area contributed by atoms with Crippen molar-refractivity contribution in [3.8, 4) is 11.1 Å². The average molecular weight is 619 g/mol. The van der Waals surface area contributed by atoms with Crippen molar-refractivity contribution in [1.82, 2.24) is 4.98 Å². The van der Waals surface area contributed by atoms with Gasteiger partial charge in [0.2, 0.25) is 0 Å². The summed E-state index contributed by atoms with van der Waals surface area (Å²) in [4.78, 5) is 17.2. The van der Waals surface area contributed by atoms with Crippen molar-refractivity contribution in [3.05, 3.63) is 132 Å². The molecule has 4 aromatic carbocycles. The molecule has 5 rings (SSSR count). The fraction of sp³-hybridized carbons (Fsp3) is 0. The first-order valence-electron chi connectivity index (χ1n) is 11.3. The maximum atomic E-state index is 13.0. The van der Waals surface area contributed by atoms with Gasteiger partial charge in [0.25, 0.3) is 0 Å². The molecular formula is C30H21ClN2OSe2. The van der Waals surface area contributed by atoms with Gasteiger partial charge in [-0.3, -0.25) is 0 Å². The second-order valence-electron chi connectivity index (χ2n) is 7.82. The molecule has 1 amide bonds. The topological polar surface area (TPSA) is 42.0 Å². The zero-order valence-corrected chi connectivity index (χ0v) is 23.3. The van der Waals surface area contributed by atoms with Crippen LogP contribution in [-0.2, 0) is 0 Å². The van der Waals surface area contributed by atoms with E-state index in [1.165, 1.54) is 17.8 Å². The molecule has 1 N–H and O–H groups in total. The molecule has 1 aromatic heterocycles. The van der Waals surface area contributed by atoms with Crippen molar-refractivity contribution in [3.63, 3.8) is 0 Å². The van der Waals surface area contributed by atoms with Crippen LogP contribution in [0.3, 0.4) is 0 Å². The number of carbonyl (C=O) groups is 1. The predicted molar refractivity (Wildman–Crippen MR) is 152 cm³/mol. The first-order valence-corrected chi connectivity index (χ1v) is 15.1. The number of nitrogens with one attached hydrogen (secondary N) is 1. The Balaban J connectivity index is 1.63. The number of carbonyl (C=O) groups excluding carboxylic acids is 1. The van der Waals surface area contributed by atoms with Crippen LogP contribution in [0.1, 0.15) is 10.5 Å². The number of pyridine rings is 1. The molecular weight excluding hydrogens is 598 g/mol. The van der Waals surface area contributed by atoms with E-state index >= 15 is 0 Å². The van der Waals surface area contributed by atoms with Crippen molar-refractivity contribution in [1.29, 1.82) is 0 Å². The molecule has 6 heteroatoms. The summed E-state index contributed by atoms with van der Waals surface area (Å²) >= 11 is 6.75. The number of hydrogen-bond donors (Lipinski definition) is 1. The fourth-order valence-corrected chi connectivity index (χ4v) is 8.98. The molecule has 0 saturated carbocycles. The van der Waals surface area contributed by atoms with E-state index in [1.54, 1.807) is 18.3 Å². The molecule has 176 valence electrons. The Morgan fingerprint density at radius 1 is 0.694 bits per heavy atom. The van der Waals surface area contributed by atoms with E-state index in [-0.39, 0.29) is 35.8 Å². The quantitative estimate of drug-likeness (QED) is 0.281. The summed E-state index contributed by atoms with van der Waals surface area (Å²) in [7, 11) is 0. The Bertz CT molecular complexity index is 1420. The molecule has 0 radical (unpaired) electrons. The zero-order chi connectivity index (χ0) is 24.7. The van der Waals surface area contributed by atoms with Gasteiger partial charge in [0, 0.05) is 0 Å². The summed E-state index contributed by atoms with van der Waals surface area (Å²) in [6, 6.07) is 38.4. The third-order valence-electron chi connectivity index (χ3n) is 5.31. The normalized spacial score (nSPS) is 10.7. The van der Waals surface area contributed by atoms with Gasteiger partial charge in [0.15, 0.2) is 0 Å². The van der Waals surface area contributed by atoms with Gasteiger partial charge < -0.3 is 0 Å². The first-order chi connectivity index (χ1) is 17.7. The number of benzene rings is 4. The summed E-state index contributed by atoms with van der Waals surface area (Å²) in [5.41, 5.74) is 3.26. The number of para-hydroxylation sites is 1. The minimum absolute atomic E-state index is 0.0289. The van der Waals surface area contributed by atoms with Crippen LogP contribution in [0, 0.1) is 0 Å². The average Bonchev–Trinajstić information content (AvgIpc) is 2.91. The number of nitrogens with zero attached hydrogens (tertiary/aromatic N) is 1. The summed E-state index contributed by atoms with van der Waals surface area (Å²) < 4.78 is 4.91. The van der Waals surface area contributed by atoms with Crippen LogP contribution in [0.4, 0.5) is 5.69 Å². The summed E-state index contributed by atoms with van der Waals surface area (Å²) in [6.45, 7) is 0. The van der Waals surface area contributed by atoms with Gasteiger partial charge in [-0.15, -0.1) is 0 Å². The van der Waals surface area contributed by atoms with Crippen molar-refractivity contribution < 1.29 is 4.79 Å². The van der Waals surface area contributed by atoms with E-state index in [9.17, 15) is 4.79 Å². The second-order valence-corrected chi connectivity index (χ2v) is 12.9. The van der Waals surface area contributed by atoms with Crippen molar-refractivity contribution >= 4 is 71.0 Å². The third kappa shape index (κ3) is 5.96. The van der Waals surface area contributed by atoms with E-state index in [4.69, 9.17) is 11.6 Å². The van der Waals surface area contributed by atoms with Crippen LogP contribution >= 0.6 is 11.6 Å². The van der Waals surface area contributed by atoms with Gasteiger partial charge in [0.1, 0.15) is 0 Å². The van der Waals surface area contributed by atoms with Crippen LogP contribution in [0.2, 0.25) is 5.02 Å². The molecule has 0 unspecified atom stereocenters. The number of hydrogen-bond acceptors (Lipinski definition) is 2. The van der Waals surface area contributed by atoms with Crippen LogP contribution in [0.25, 0.3) is 11.1 Å². The van der Waals surface area contributed by atoms with Crippen LogP contribution in [-0.4, -0.2) is 40.8 Å². The monoisotopic (exact) mass is 620 g/mol. The summed E-state index contributed by atoms with van der Waals surface area (Å²) in [6.07, 6.45) is 1.63. The predicted octanol–water partition coefficient (Wildman–Crippen LogP) is 3.96. The van der Waals surface area contributed by atoms with Crippen molar-refractivity contribution in [2.45, 2.75) is 0 Å². The van der Waals surface area contributed by atoms with Gasteiger partial charge in [-0.1, -0.05) is 0 Å². The van der Waals surface area contributed by atoms with Gasteiger partial charge in [0.05, 0.1) is 0 Å². The van der Waals surface area contributed by atoms with Gasteiger partial charge in [-0.2, -0.15) is 0 Å². The van der Waals surface area contributed by atoms with Crippen LogP contribution < -0.4 is 23.2 Å². The van der Waals surface area contributed by atoms with Gasteiger partial charge >= 0.3 is 229 Å². The molecule has 0 saturated heterocycles.